The molecule has 50 valence electrons. The van der Waals surface area contributed by atoms with Gasteiger partial charge in [-0.25, -0.2) is 3.11 Å². The van der Waals surface area contributed by atoms with Crippen molar-refractivity contribution in [1.82, 2.24) is 3.11 Å². The van der Waals surface area contributed by atoms with Gasteiger partial charge < -0.3 is 5.73 Å². The molecule has 0 aliphatic heterocycles. The van der Waals surface area contributed by atoms with Gasteiger partial charge in [0, 0.05) is 35.5 Å². The van der Waals surface area contributed by atoms with Crippen molar-refractivity contribution in [2.75, 3.05) is 13.6 Å². The molecule has 0 saturated carbocycles. The highest BCUT2D eigenvalue weighted by Crippen LogP contribution is 1.95. The predicted molar refractivity (Wildman–Crippen MR) is 44.9 cm³/mol. The highest BCUT2D eigenvalue weighted by molar-refractivity contribution is 14.1. The van der Waals surface area contributed by atoms with E-state index >= 15 is 0 Å². The van der Waals surface area contributed by atoms with E-state index in [9.17, 15) is 0 Å². The first-order valence-corrected chi connectivity index (χ1v) is 3.75. The Morgan fingerprint density at radius 1 is 1.75 bits per heavy atom. The van der Waals surface area contributed by atoms with Crippen LogP contribution < -0.4 is 5.73 Å². The van der Waals surface area contributed by atoms with Crippen LogP contribution in [0.3, 0.4) is 0 Å². The highest BCUT2D eigenvalue weighted by Gasteiger charge is 1.99. The lowest BCUT2D eigenvalue weighted by molar-refractivity contribution is 0.508. The molecule has 0 rings (SSSR count). The predicted octanol–water partition coefficient (Wildman–Crippen LogP) is 1.01. The van der Waals surface area contributed by atoms with Crippen molar-refractivity contribution in [3.8, 4) is 0 Å². The first-order valence-electron chi connectivity index (χ1n) is 2.79. The summed E-state index contributed by atoms with van der Waals surface area (Å²) in [5, 5.41) is 0. The monoisotopic (exact) mass is 228 g/mol. The fourth-order valence-corrected chi connectivity index (χ4v) is 0.958. The molecule has 0 aliphatic rings. The van der Waals surface area contributed by atoms with Crippen molar-refractivity contribution in [1.29, 1.82) is 0 Å². The van der Waals surface area contributed by atoms with Crippen molar-refractivity contribution < 1.29 is 0 Å². The maximum Gasteiger partial charge on any atom is 0.0230 e. The van der Waals surface area contributed by atoms with E-state index < -0.39 is 0 Å². The Labute approximate surface area is 64.9 Å². The van der Waals surface area contributed by atoms with Gasteiger partial charge in [-0.2, -0.15) is 0 Å². The highest BCUT2D eigenvalue weighted by atomic mass is 127. The lowest BCUT2D eigenvalue weighted by atomic mass is 10.2. The molecule has 2 nitrogen and oxygen atoms in total. The van der Waals surface area contributed by atoms with Gasteiger partial charge in [-0.1, -0.05) is 6.92 Å². The maximum absolute atomic E-state index is 5.63. The minimum atomic E-state index is 0.344. The molecule has 0 bridgehead atoms. The Morgan fingerprint density at radius 2 is 2.25 bits per heavy atom. The van der Waals surface area contributed by atoms with E-state index in [0.29, 0.717) is 6.04 Å². The maximum atomic E-state index is 5.63. The van der Waals surface area contributed by atoms with Crippen LogP contribution in [0.1, 0.15) is 13.3 Å². The number of hydrogen-bond acceptors (Lipinski definition) is 2. The van der Waals surface area contributed by atoms with E-state index in [0.717, 1.165) is 13.0 Å². The molecule has 2 N–H and O–H groups in total. The zero-order valence-electron chi connectivity index (χ0n) is 5.39. The van der Waals surface area contributed by atoms with Gasteiger partial charge in [-0.3, -0.25) is 0 Å². The van der Waals surface area contributed by atoms with Crippen LogP contribution in [-0.4, -0.2) is 22.7 Å². The summed E-state index contributed by atoms with van der Waals surface area (Å²) in [5.74, 6) is 0. The van der Waals surface area contributed by atoms with Crippen LogP contribution in [0.25, 0.3) is 0 Å². The number of nitrogens with zero attached hydrogens (tertiary/aromatic N) is 1. The minimum Gasteiger partial charge on any atom is -0.327 e. The van der Waals surface area contributed by atoms with E-state index in [1.165, 1.54) is 0 Å². The average Bonchev–Trinajstić information content (AvgIpc) is 1.65. The molecular weight excluding hydrogens is 215 g/mol. The van der Waals surface area contributed by atoms with Crippen LogP contribution in [0, 0.1) is 0 Å². The second-order valence-electron chi connectivity index (χ2n) is 1.96. The topological polar surface area (TPSA) is 29.3 Å². The number of rotatable bonds is 3. The SMILES string of the molecule is CCC(N)CN(C)I. The molecule has 0 radical (unpaired) electrons. The fraction of sp³-hybridized carbons (Fsp3) is 1.00. The average molecular weight is 228 g/mol. The molecule has 0 aromatic carbocycles. The first-order chi connectivity index (χ1) is 3.66. The summed E-state index contributed by atoms with van der Waals surface area (Å²) in [6, 6.07) is 0.344. The standard InChI is InChI=1S/C5H13IN2/c1-3-5(7)4-8(2)6/h5H,3-4,7H2,1-2H3. The fourth-order valence-electron chi connectivity index (χ4n) is 0.452. The molecule has 0 aromatic heterocycles. The lowest BCUT2D eigenvalue weighted by Crippen LogP contribution is -2.29. The van der Waals surface area contributed by atoms with E-state index in [1.807, 2.05) is 7.05 Å². The summed E-state index contributed by atoms with van der Waals surface area (Å²) in [6.07, 6.45) is 1.06. The van der Waals surface area contributed by atoms with Crippen molar-refractivity contribution in [3.63, 3.8) is 0 Å². The van der Waals surface area contributed by atoms with Gasteiger partial charge in [-0.05, 0) is 13.5 Å². The molecule has 0 spiro atoms. The molecule has 3 heteroatoms. The second kappa shape index (κ2) is 4.52. The van der Waals surface area contributed by atoms with Gasteiger partial charge in [0.05, 0.1) is 0 Å². The molecule has 0 aliphatic carbocycles. The number of hydrogen-bond donors (Lipinski definition) is 1. The van der Waals surface area contributed by atoms with Gasteiger partial charge >= 0.3 is 0 Å². The molecule has 0 amide bonds. The zero-order valence-corrected chi connectivity index (χ0v) is 7.55. The van der Waals surface area contributed by atoms with E-state index in [1.54, 1.807) is 0 Å². The molecule has 0 heterocycles. The molecule has 0 aromatic rings. The van der Waals surface area contributed by atoms with E-state index in [2.05, 4.69) is 32.9 Å². The molecule has 0 saturated heterocycles. The quantitative estimate of drug-likeness (QED) is 0.576. The molecule has 0 fully saturated rings. The summed E-state index contributed by atoms with van der Waals surface area (Å²) < 4.78 is 2.08. The van der Waals surface area contributed by atoms with Gasteiger partial charge in [-0.15, -0.1) is 0 Å². The third-order valence-corrected chi connectivity index (χ3v) is 1.40. The van der Waals surface area contributed by atoms with Gasteiger partial charge in [0.1, 0.15) is 0 Å². The summed E-state index contributed by atoms with van der Waals surface area (Å²) in [4.78, 5) is 0. The smallest absolute Gasteiger partial charge is 0.0230 e. The Kier molecular flexibility index (Phi) is 4.89. The summed E-state index contributed by atoms with van der Waals surface area (Å²) in [6.45, 7) is 3.09. The lowest BCUT2D eigenvalue weighted by Gasteiger charge is -2.11. The Balaban J connectivity index is 3.10. The third-order valence-electron chi connectivity index (χ3n) is 1.01. The van der Waals surface area contributed by atoms with Crippen molar-refractivity contribution in [2.24, 2.45) is 5.73 Å². The minimum absolute atomic E-state index is 0.344. The van der Waals surface area contributed by atoms with Crippen LogP contribution in [0.15, 0.2) is 0 Å². The van der Waals surface area contributed by atoms with Crippen LogP contribution in [0.4, 0.5) is 0 Å². The van der Waals surface area contributed by atoms with Crippen LogP contribution in [0.2, 0.25) is 0 Å². The summed E-state index contributed by atoms with van der Waals surface area (Å²) in [7, 11) is 2.02. The van der Waals surface area contributed by atoms with Crippen LogP contribution >= 0.6 is 22.9 Å². The molecule has 1 atom stereocenters. The van der Waals surface area contributed by atoms with Gasteiger partial charge in [0.15, 0.2) is 0 Å². The van der Waals surface area contributed by atoms with Gasteiger partial charge in [0.25, 0.3) is 0 Å². The number of likely N-dealkylation sites (N-methyl/N-ethyl adjacent to an activating group) is 1. The van der Waals surface area contributed by atoms with Crippen LogP contribution in [-0.2, 0) is 0 Å². The molecular formula is C5H13IN2. The number of nitrogens with two attached hydrogens (primary N) is 1. The second-order valence-corrected chi connectivity index (χ2v) is 3.60. The Morgan fingerprint density at radius 3 is 2.38 bits per heavy atom. The van der Waals surface area contributed by atoms with Crippen molar-refractivity contribution >= 4 is 22.9 Å². The normalized spacial score (nSPS) is 14.6. The van der Waals surface area contributed by atoms with Crippen LogP contribution in [0.5, 0.6) is 0 Å². The van der Waals surface area contributed by atoms with Crippen molar-refractivity contribution in [2.45, 2.75) is 19.4 Å². The third kappa shape index (κ3) is 4.80. The van der Waals surface area contributed by atoms with Crippen molar-refractivity contribution in [3.05, 3.63) is 0 Å². The molecule has 8 heavy (non-hydrogen) atoms. The largest absolute Gasteiger partial charge is 0.327 e. The Hall–Kier alpha value is 0.650. The Bertz CT molecular complexity index is 56.4. The molecule has 1 unspecified atom stereocenters. The summed E-state index contributed by atoms with van der Waals surface area (Å²) >= 11 is 2.23. The zero-order chi connectivity index (χ0) is 6.57. The summed E-state index contributed by atoms with van der Waals surface area (Å²) in [5.41, 5.74) is 5.63. The van der Waals surface area contributed by atoms with E-state index in [-0.39, 0.29) is 0 Å². The first kappa shape index (κ1) is 8.65. The van der Waals surface area contributed by atoms with E-state index in [4.69, 9.17) is 5.73 Å². The van der Waals surface area contributed by atoms with Gasteiger partial charge in [0.2, 0.25) is 0 Å². The number of halogens is 1.